The minimum atomic E-state index is -0.668. The van der Waals surface area contributed by atoms with Crippen LogP contribution in [-0.4, -0.2) is 12.1 Å². The molecule has 1 aromatic carbocycles. The van der Waals surface area contributed by atoms with E-state index < -0.39 is 11.6 Å². The second-order valence-electron chi connectivity index (χ2n) is 5.71. The van der Waals surface area contributed by atoms with E-state index in [9.17, 15) is 8.78 Å². The van der Waals surface area contributed by atoms with Gasteiger partial charge in [0.15, 0.2) is 11.6 Å². The number of benzene rings is 1. The lowest BCUT2D eigenvalue weighted by Gasteiger charge is -2.36. The first kappa shape index (κ1) is 14.3. The molecular formula is C15H21F2NO. The van der Waals surface area contributed by atoms with Crippen LogP contribution in [0, 0.1) is 23.5 Å². The van der Waals surface area contributed by atoms with Gasteiger partial charge >= 0.3 is 0 Å². The van der Waals surface area contributed by atoms with Gasteiger partial charge in [-0.05, 0) is 43.2 Å². The Balaban J connectivity index is 2.07. The lowest BCUT2D eigenvalue weighted by atomic mass is 9.78. The molecule has 1 fully saturated rings. The summed E-state index contributed by atoms with van der Waals surface area (Å²) < 4.78 is 32.1. The molecule has 1 saturated carbocycles. The summed E-state index contributed by atoms with van der Waals surface area (Å²) in [6, 6.07) is 3.28. The number of rotatable bonds is 3. The smallest absolute Gasteiger partial charge is 0.167 e. The number of hydrogen-bond acceptors (Lipinski definition) is 2. The second kappa shape index (κ2) is 5.87. The van der Waals surface area contributed by atoms with E-state index in [1.807, 2.05) is 0 Å². The molecule has 0 bridgehead atoms. The highest BCUT2D eigenvalue weighted by atomic mass is 19.1. The largest absolute Gasteiger partial charge is 0.486 e. The fourth-order valence-corrected chi connectivity index (χ4v) is 2.66. The van der Waals surface area contributed by atoms with E-state index in [1.54, 1.807) is 0 Å². The molecule has 2 nitrogen and oxygen atoms in total. The predicted molar refractivity (Wildman–Crippen MR) is 70.9 cm³/mol. The minimum absolute atomic E-state index is 0.0838. The van der Waals surface area contributed by atoms with E-state index in [0.29, 0.717) is 11.8 Å². The highest BCUT2D eigenvalue weighted by Crippen LogP contribution is 2.32. The van der Waals surface area contributed by atoms with Crippen LogP contribution in [0.2, 0.25) is 0 Å². The molecule has 1 aliphatic carbocycles. The fourth-order valence-electron chi connectivity index (χ4n) is 2.66. The first-order chi connectivity index (χ1) is 8.97. The molecule has 0 aromatic heterocycles. The van der Waals surface area contributed by atoms with Gasteiger partial charge in [0.05, 0.1) is 0 Å². The maximum absolute atomic E-state index is 13.6. The first-order valence-electron chi connectivity index (χ1n) is 6.84. The van der Waals surface area contributed by atoms with Gasteiger partial charge in [-0.1, -0.05) is 13.8 Å². The van der Waals surface area contributed by atoms with Crippen LogP contribution in [0.4, 0.5) is 8.78 Å². The Bertz CT molecular complexity index is 436. The van der Waals surface area contributed by atoms with Crippen molar-refractivity contribution < 1.29 is 13.5 Å². The third-order valence-electron chi connectivity index (χ3n) is 4.00. The van der Waals surface area contributed by atoms with E-state index in [4.69, 9.17) is 10.5 Å². The van der Waals surface area contributed by atoms with Crippen molar-refractivity contribution in [2.24, 2.45) is 17.6 Å². The Kier molecular flexibility index (Phi) is 4.40. The lowest BCUT2D eigenvalue weighted by Crippen LogP contribution is -2.44. The number of nitrogens with two attached hydrogens (primary N) is 1. The van der Waals surface area contributed by atoms with Crippen molar-refractivity contribution in [2.45, 2.75) is 45.3 Å². The number of halogens is 2. The minimum Gasteiger partial charge on any atom is -0.486 e. The molecule has 0 heterocycles. The van der Waals surface area contributed by atoms with E-state index in [1.165, 1.54) is 12.1 Å². The fraction of sp³-hybridized carbons (Fsp3) is 0.600. The zero-order valence-corrected chi connectivity index (χ0v) is 11.4. The standard InChI is InChI=1S/C15H21F2NO/c1-9(2)10-3-5-13(18)15(7-10)19-14-6-4-11(16)8-12(14)17/h4,6,8-10,13,15H,3,5,7,18H2,1-2H3. The van der Waals surface area contributed by atoms with Gasteiger partial charge in [-0.2, -0.15) is 0 Å². The number of ether oxygens (including phenoxy) is 1. The Morgan fingerprint density at radius 2 is 2.00 bits per heavy atom. The van der Waals surface area contributed by atoms with E-state index in [0.717, 1.165) is 25.3 Å². The van der Waals surface area contributed by atoms with Gasteiger partial charge < -0.3 is 10.5 Å². The average molecular weight is 269 g/mol. The molecule has 0 aliphatic heterocycles. The van der Waals surface area contributed by atoms with Crippen molar-refractivity contribution in [1.29, 1.82) is 0 Å². The van der Waals surface area contributed by atoms with Gasteiger partial charge in [0.25, 0.3) is 0 Å². The third-order valence-corrected chi connectivity index (χ3v) is 4.00. The van der Waals surface area contributed by atoms with Gasteiger partial charge in [-0.3, -0.25) is 0 Å². The molecule has 4 heteroatoms. The molecule has 0 amide bonds. The summed E-state index contributed by atoms with van der Waals surface area (Å²) in [6.45, 7) is 4.36. The summed E-state index contributed by atoms with van der Waals surface area (Å²) in [5.74, 6) is -0.0621. The maximum Gasteiger partial charge on any atom is 0.167 e. The summed E-state index contributed by atoms with van der Waals surface area (Å²) in [7, 11) is 0. The Hall–Kier alpha value is -1.16. The normalized spacial score (nSPS) is 27.6. The molecule has 106 valence electrons. The molecule has 2 rings (SSSR count). The summed E-state index contributed by atoms with van der Waals surface area (Å²) in [5, 5.41) is 0. The summed E-state index contributed by atoms with van der Waals surface area (Å²) in [4.78, 5) is 0. The highest BCUT2D eigenvalue weighted by Gasteiger charge is 2.31. The summed E-state index contributed by atoms with van der Waals surface area (Å²) in [5.41, 5.74) is 6.05. The van der Waals surface area contributed by atoms with E-state index in [-0.39, 0.29) is 17.9 Å². The Labute approximate surface area is 112 Å². The number of hydrogen-bond donors (Lipinski definition) is 1. The van der Waals surface area contributed by atoms with Crippen molar-refractivity contribution in [3.63, 3.8) is 0 Å². The van der Waals surface area contributed by atoms with Crippen LogP contribution in [0.15, 0.2) is 18.2 Å². The molecule has 2 N–H and O–H groups in total. The topological polar surface area (TPSA) is 35.2 Å². The van der Waals surface area contributed by atoms with Crippen LogP contribution < -0.4 is 10.5 Å². The molecule has 1 aliphatic rings. The lowest BCUT2D eigenvalue weighted by molar-refractivity contribution is 0.0831. The average Bonchev–Trinajstić information content (AvgIpc) is 2.34. The summed E-state index contributed by atoms with van der Waals surface area (Å²) in [6.07, 6.45) is 2.61. The quantitative estimate of drug-likeness (QED) is 0.911. The zero-order valence-electron chi connectivity index (χ0n) is 11.4. The molecule has 1 aromatic rings. The molecule has 0 radical (unpaired) electrons. The second-order valence-corrected chi connectivity index (χ2v) is 5.71. The molecule has 19 heavy (non-hydrogen) atoms. The van der Waals surface area contributed by atoms with Gasteiger partial charge in [-0.15, -0.1) is 0 Å². The van der Waals surface area contributed by atoms with Crippen molar-refractivity contribution in [2.75, 3.05) is 0 Å². The SMILES string of the molecule is CC(C)C1CCC(N)C(Oc2ccc(F)cc2F)C1. The Morgan fingerprint density at radius 1 is 1.26 bits per heavy atom. The van der Waals surface area contributed by atoms with Crippen molar-refractivity contribution in [1.82, 2.24) is 0 Å². The van der Waals surface area contributed by atoms with Crippen molar-refractivity contribution in [3.05, 3.63) is 29.8 Å². The molecular weight excluding hydrogens is 248 g/mol. The Morgan fingerprint density at radius 3 is 2.63 bits per heavy atom. The van der Waals surface area contributed by atoms with Crippen molar-refractivity contribution in [3.8, 4) is 5.75 Å². The maximum atomic E-state index is 13.6. The summed E-state index contributed by atoms with van der Waals surface area (Å²) >= 11 is 0. The zero-order chi connectivity index (χ0) is 14.0. The van der Waals surface area contributed by atoms with E-state index in [2.05, 4.69) is 13.8 Å². The van der Waals surface area contributed by atoms with Crippen LogP contribution in [0.3, 0.4) is 0 Å². The monoisotopic (exact) mass is 269 g/mol. The molecule has 3 unspecified atom stereocenters. The van der Waals surface area contributed by atoms with Gasteiger partial charge in [0, 0.05) is 12.1 Å². The first-order valence-corrected chi connectivity index (χ1v) is 6.84. The molecule has 3 atom stereocenters. The van der Waals surface area contributed by atoms with E-state index >= 15 is 0 Å². The van der Waals surface area contributed by atoms with Crippen LogP contribution in [-0.2, 0) is 0 Å². The van der Waals surface area contributed by atoms with Gasteiger partial charge in [-0.25, -0.2) is 8.78 Å². The van der Waals surface area contributed by atoms with Crippen LogP contribution in [0.25, 0.3) is 0 Å². The molecule has 0 saturated heterocycles. The van der Waals surface area contributed by atoms with Crippen LogP contribution in [0.5, 0.6) is 5.75 Å². The van der Waals surface area contributed by atoms with Gasteiger partial charge in [0.1, 0.15) is 11.9 Å². The predicted octanol–water partition coefficient (Wildman–Crippen LogP) is 3.50. The third kappa shape index (κ3) is 3.44. The van der Waals surface area contributed by atoms with Crippen LogP contribution in [0.1, 0.15) is 33.1 Å². The highest BCUT2D eigenvalue weighted by molar-refractivity contribution is 5.25. The van der Waals surface area contributed by atoms with Crippen LogP contribution >= 0.6 is 0 Å². The van der Waals surface area contributed by atoms with Gasteiger partial charge in [0.2, 0.25) is 0 Å². The molecule has 0 spiro atoms. The van der Waals surface area contributed by atoms with Crippen molar-refractivity contribution >= 4 is 0 Å².